The van der Waals surface area contributed by atoms with Crippen molar-refractivity contribution in [3.05, 3.63) is 54.4 Å². The molecular formula is C14H17FO. The lowest BCUT2D eigenvalue weighted by Crippen LogP contribution is -2.00. The summed E-state index contributed by atoms with van der Waals surface area (Å²) in [6.07, 6.45) is 4.89. The fourth-order valence-corrected chi connectivity index (χ4v) is 1.48. The van der Waals surface area contributed by atoms with Gasteiger partial charge in [0, 0.05) is 5.56 Å². The monoisotopic (exact) mass is 220 g/mol. The molecule has 1 rings (SSSR count). The second kappa shape index (κ2) is 6.11. The predicted octanol–water partition coefficient (Wildman–Crippen LogP) is 3.82. The van der Waals surface area contributed by atoms with Gasteiger partial charge in [0.2, 0.25) is 0 Å². The zero-order valence-corrected chi connectivity index (χ0v) is 9.63. The molecule has 0 aliphatic rings. The van der Waals surface area contributed by atoms with Gasteiger partial charge in [-0.1, -0.05) is 24.8 Å². The lowest BCUT2D eigenvalue weighted by atomic mass is 10.1. The summed E-state index contributed by atoms with van der Waals surface area (Å²) in [6.45, 7) is 9.31. The minimum absolute atomic E-state index is 0.177. The van der Waals surface area contributed by atoms with Gasteiger partial charge in [-0.05, 0) is 31.4 Å². The molecule has 0 spiro atoms. The van der Waals surface area contributed by atoms with Crippen LogP contribution in [0.2, 0.25) is 0 Å². The predicted molar refractivity (Wildman–Crippen MR) is 65.3 cm³/mol. The summed E-state index contributed by atoms with van der Waals surface area (Å²) in [4.78, 5) is 0. The zero-order valence-electron chi connectivity index (χ0n) is 9.63. The number of rotatable bonds is 6. The molecule has 1 aromatic carbocycles. The van der Waals surface area contributed by atoms with Crippen molar-refractivity contribution in [1.82, 2.24) is 0 Å². The molecule has 0 unspecified atom stereocenters. The molecule has 0 heterocycles. The van der Waals surface area contributed by atoms with Crippen molar-refractivity contribution in [2.45, 2.75) is 19.8 Å². The average molecular weight is 220 g/mol. The summed E-state index contributed by atoms with van der Waals surface area (Å²) in [5.74, 6) is 0.406. The van der Waals surface area contributed by atoms with E-state index in [1.807, 2.05) is 0 Å². The molecule has 86 valence electrons. The van der Waals surface area contributed by atoms with Crippen molar-refractivity contribution in [1.29, 1.82) is 0 Å². The topological polar surface area (TPSA) is 9.23 Å². The van der Waals surface area contributed by atoms with Crippen LogP contribution in [0.4, 0.5) is 4.39 Å². The molecule has 0 fully saturated rings. The van der Waals surface area contributed by atoms with Crippen LogP contribution in [0.5, 0.6) is 5.75 Å². The number of ether oxygens (including phenoxy) is 1. The van der Waals surface area contributed by atoms with E-state index in [2.05, 4.69) is 13.2 Å². The Morgan fingerprint density at radius 1 is 1.31 bits per heavy atom. The standard InChI is InChI=1S/C14H17FO/c1-4-6-7-12-8-9-13(16-10-5-2)11(3)14(12)15/h4-5,8-9H,1-2,6-7,10H2,3H3. The third-order valence-corrected chi connectivity index (χ3v) is 2.39. The van der Waals surface area contributed by atoms with E-state index in [-0.39, 0.29) is 5.82 Å². The van der Waals surface area contributed by atoms with E-state index in [9.17, 15) is 4.39 Å². The van der Waals surface area contributed by atoms with Crippen LogP contribution in [0.15, 0.2) is 37.4 Å². The number of hydrogen-bond acceptors (Lipinski definition) is 1. The third kappa shape index (κ3) is 2.96. The lowest BCUT2D eigenvalue weighted by molar-refractivity contribution is 0.357. The molecule has 16 heavy (non-hydrogen) atoms. The van der Waals surface area contributed by atoms with Gasteiger partial charge in [-0.3, -0.25) is 0 Å². The zero-order chi connectivity index (χ0) is 12.0. The number of benzene rings is 1. The van der Waals surface area contributed by atoms with Crippen molar-refractivity contribution >= 4 is 0 Å². The highest BCUT2D eigenvalue weighted by Crippen LogP contribution is 2.24. The van der Waals surface area contributed by atoms with Gasteiger partial charge in [0.1, 0.15) is 18.2 Å². The van der Waals surface area contributed by atoms with E-state index < -0.39 is 0 Å². The third-order valence-electron chi connectivity index (χ3n) is 2.39. The second-order valence-corrected chi connectivity index (χ2v) is 3.59. The summed E-state index contributed by atoms with van der Waals surface area (Å²) >= 11 is 0. The Bertz CT molecular complexity index is 346. The van der Waals surface area contributed by atoms with Crippen molar-refractivity contribution in [3.63, 3.8) is 0 Å². The summed E-state index contributed by atoms with van der Waals surface area (Å²) in [5, 5.41) is 0. The van der Waals surface area contributed by atoms with Gasteiger partial charge in [-0.2, -0.15) is 0 Å². The van der Waals surface area contributed by atoms with E-state index in [4.69, 9.17) is 4.74 Å². The van der Waals surface area contributed by atoms with Crippen LogP contribution >= 0.6 is 0 Å². The van der Waals surface area contributed by atoms with E-state index in [1.165, 1.54) is 0 Å². The molecule has 0 aromatic heterocycles. The molecule has 0 radical (unpaired) electrons. The number of allylic oxidation sites excluding steroid dienone is 1. The van der Waals surface area contributed by atoms with Crippen molar-refractivity contribution in [3.8, 4) is 5.75 Å². The molecule has 2 heteroatoms. The van der Waals surface area contributed by atoms with Gasteiger partial charge in [-0.25, -0.2) is 4.39 Å². The molecule has 0 amide bonds. The fraction of sp³-hybridized carbons (Fsp3) is 0.286. The quantitative estimate of drug-likeness (QED) is 0.662. The highest BCUT2D eigenvalue weighted by molar-refractivity contribution is 5.38. The lowest BCUT2D eigenvalue weighted by Gasteiger charge is -2.10. The van der Waals surface area contributed by atoms with Crippen LogP contribution in [0.3, 0.4) is 0 Å². The molecule has 0 atom stereocenters. The SMILES string of the molecule is C=CCCc1ccc(OCC=C)c(C)c1F. The minimum Gasteiger partial charge on any atom is -0.489 e. The Kier molecular flexibility index (Phi) is 4.77. The summed E-state index contributed by atoms with van der Waals surface area (Å²) in [6, 6.07) is 3.57. The van der Waals surface area contributed by atoms with Gasteiger partial charge in [0.25, 0.3) is 0 Å². The normalized spacial score (nSPS) is 9.88. The van der Waals surface area contributed by atoms with Crippen molar-refractivity contribution in [2.75, 3.05) is 6.61 Å². The fourth-order valence-electron chi connectivity index (χ4n) is 1.48. The van der Waals surface area contributed by atoms with Crippen LogP contribution in [0, 0.1) is 12.7 Å². The molecule has 0 bridgehead atoms. The molecule has 0 saturated carbocycles. The number of halogens is 1. The van der Waals surface area contributed by atoms with E-state index >= 15 is 0 Å². The van der Waals surface area contributed by atoms with Crippen LogP contribution in [0.1, 0.15) is 17.5 Å². The molecule has 0 saturated heterocycles. The van der Waals surface area contributed by atoms with Gasteiger partial charge < -0.3 is 4.74 Å². The number of aryl methyl sites for hydroxylation is 1. The molecule has 0 N–H and O–H groups in total. The van der Waals surface area contributed by atoms with Crippen molar-refractivity contribution < 1.29 is 9.13 Å². The first-order chi connectivity index (χ1) is 7.70. The summed E-state index contributed by atoms with van der Waals surface area (Å²) in [7, 11) is 0. The van der Waals surface area contributed by atoms with E-state index in [1.54, 1.807) is 31.2 Å². The largest absolute Gasteiger partial charge is 0.489 e. The Balaban J connectivity index is 2.88. The summed E-state index contributed by atoms with van der Waals surface area (Å²) < 4.78 is 19.2. The van der Waals surface area contributed by atoms with E-state index in [0.717, 1.165) is 6.42 Å². The minimum atomic E-state index is -0.177. The number of hydrogen-bond donors (Lipinski definition) is 0. The highest BCUT2D eigenvalue weighted by atomic mass is 19.1. The Morgan fingerprint density at radius 3 is 2.69 bits per heavy atom. The Labute approximate surface area is 96.3 Å². The van der Waals surface area contributed by atoms with Crippen LogP contribution in [-0.4, -0.2) is 6.61 Å². The highest BCUT2D eigenvalue weighted by Gasteiger charge is 2.09. The molecule has 1 aromatic rings. The molecular weight excluding hydrogens is 203 g/mol. The first-order valence-electron chi connectivity index (χ1n) is 5.33. The maximum absolute atomic E-state index is 13.9. The van der Waals surface area contributed by atoms with Gasteiger partial charge in [0.15, 0.2) is 0 Å². The van der Waals surface area contributed by atoms with Gasteiger partial charge >= 0.3 is 0 Å². The van der Waals surface area contributed by atoms with Crippen LogP contribution in [0.25, 0.3) is 0 Å². The average Bonchev–Trinajstić information content (AvgIpc) is 2.30. The van der Waals surface area contributed by atoms with Gasteiger partial charge in [0.05, 0.1) is 0 Å². The van der Waals surface area contributed by atoms with Crippen LogP contribution < -0.4 is 4.74 Å². The molecule has 0 aliphatic carbocycles. The maximum atomic E-state index is 13.9. The Hall–Kier alpha value is -1.57. The van der Waals surface area contributed by atoms with Crippen molar-refractivity contribution in [2.24, 2.45) is 0 Å². The Morgan fingerprint density at radius 2 is 2.06 bits per heavy atom. The summed E-state index contributed by atoms with van der Waals surface area (Å²) in [5.41, 5.74) is 1.27. The maximum Gasteiger partial charge on any atom is 0.133 e. The molecule has 0 aliphatic heterocycles. The second-order valence-electron chi connectivity index (χ2n) is 3.59. The first kappa shape index (κ1) is 12.5. The smallest absolute Gasteiger partial charge is 0.133 e. The van der Waals surface area contributed by atoms with Gasteiger partial charge in [-0.15, -0.1) is 6.58 Å². The van der Waals surface area contributed by atoms with E-state index in [0.29, 0.717) is 29.9 Å². The molecule has 1 nitrogen and oxygen atoms in total. The first-order valence-corrected chi connectivity index (χ1v) is 5.33. The van der Waals surface area contributed by atoms with Crippen LogP contribution in [-0.2, 0) is 6.42 Å².